The van der Waals surface area contributed by atoms with Gasteiger partial charge in [0.2, 0.25) is 0 Å². The Morgan fingerprint density at radius 2 is 2.00 bits per heavy atom. The lowest BCUT2D eigenvalue weighted by Gasteiger charge is -2.31. The van der Waals surface area contributed by atoms with Gasteiger partial charge in [-0.25, -0.2) is 9.48 Å². The van der Waals surface area contributed by atoms with Gasteiger partial charge in [-0.1, -0.05) is 12.8 Å². The fourth-order valence-electron chi connectivity index (χ4n) is 3.36. The number of aryl methyl sites for hydroxylation is 2. The molecule has 0 unspecified atom stereocenters. The third-order valence-electron chi connectivity index (χ3n) is 4.72. The SMILES string of the molecule is Cn1ncc(C(=O)N[C@@H]2CCCC[C@@H]2Cc2nn(C)c(=O)n2C)n1. The van der Waals surface area contributed by atoms with E-state index in [-0.39, 0.29) is 23.6 Å². The Hall–Kier alpha value is -2.45. The standard InChI is InChI=1S/C15H23N7O2/c1-20-13(19-21(2)15(20)24)8-10-6-4-5-7-11(10)17-14(23)12-9-16-22(3)18-12/h9-11H,4-8H2,1-3H3,(H,17,23)/t10-,11-/m1/s1. The highest BCUT2D eigenvalue weighted by Gasteiger charge is 2.29. The molecule has 0 bridgehead atoms. The van der Waals surface area contributed by atoms with Crippen LogP contribution in [0.3, 0.4) is 0 Å². The van der Waals surface area contributed by atoms with Gasteiger partial charge < -0.3 is 5.32 Å². The summed E-state index contributed by atoms with van der Waals surface area (Å²) in [6.45, 7) is 0. The second-order valence-electron chi connectivity index (χ2n) is 6.43. The number of nitrogens with zero attached hydrogens (tertiary/aromatic N) is 6. The maximum absolute atomic E-state index is 12.3. The van der Waals surface area contributed by atoms with E-state index in [9.17, 15) is 9.59 Å². The monoisotopic (exact) mass is 333 g/mol. The molecule has 2 heterocycles. The highest BCUT2D eigenvalue weighted by molar-refractivity contribution is 5.92. The first-order chi connectivity index (χ1) is 11.5. The Balaban J connectivity index is 1.72. The van der Waals surface area contributed by atoms with Crippen LogP contribution in [0.25, 0.3) is 0 Å². The van der Waals surface area contributed by atoms with Crippen molar-refractivity contribution in [3.05, 3.63) is 28.2 Å². The molecule has 9 nitrogen and oxygen atoms in total. The van der Waals surface area contributed by atoms with E-state index >= 15 is 0 Å². The van der Waals surface area contributed by atoms with E-state index in [2.05, 4.69) is 20.6 Å². The van der Waals surface area contributed by atoms with Gasteiger partial charge in [0.15, 0.2) is 5.69 Å². The minimum absolute atomic E-state index is 0.0605. The molecule has 0 spiro atoms. The molecule has 2 atom stereocenters. The first-order valence-corrected chi connectivity index (χ1v) is 8.22. The van der Waals surface area contributed by atoms with Crippen LogP contribution in [0.2, 0.25) is 0 Å². The average molecular weight is 333 g/mol. The zero-order chi connectivity index (χ0) is 17.3. The van der Waals surface area contributed by atoms with Crippen molar-refractivity contribution < 1.29 is 4.79 Å². The number of amides is 1. The van der Waals surface area contributed by atoms with Crippen LogP contribution in [0.15, 0.2) is 11.0 Å². The molecular weight excluding hydrogens is 310 g/mol. The molecule has 1 amide bonds. The zero-order valence-electron chi connectivity index (χ0n) is 14.3. The number of carbonyl (C=O) groups is 1. The first kappa shape index (κ1) is 16.4. The van der Waals surface area contributed by atoms with Crippen LogP contribution < -0.4 is 11.0 Å². The zero-order valence-corrected chi connectivity index (χ0v) is 14.3. The van der Waals surface area contributed by atoms with Gasteiger partial charge in [0.1, 0.15) is 5.82 Å². The fraction of sp³-hybridized carbons (Fsp3) is 0.667. The molecule has 130 valence electrons. The molecule has 1 saturated carbocycles. The smallest absolute Gasteiger partial charge is 0.345 e. The summed E-state index contributed by atoms with van der Waals surface area (Å²) in [5.74, 6) is 0.822. The Kier molecular flexibility index (Phi) is 4.50. The summed E-state index contributed by atoms with van der Waals surface area (Å²) in [5, 5.41) is 15.4. The molecular formula is C15H23N7O2. The van der Waals surface area contributed by atoms with Crippen molar-refractivity contribution in [2.24, 2.45) is 27.1 Å². The minimum Gasteiger partial charge on any atom is -0.348 e. The van der Waals surface area contributed by atoms with Crippen molar-refractivity contribution in [3.63, 3.8) is 0 Å². The summed E-state index contributed by atoms with van der Waals surface area (Å²) >= 11 is 0. The third-order valence-corrected chi connectivity index (χ3v) is 4.72. The maximum atomic E-state index is 12.3. The van der Waals surface area contributed by atoms with Gasteiger partial charge in [0, 0.05) is 33.6 Å². The molecule has 1 aliphatic rings. The lowest BCUT2D eigenvalue weighted by atomic mass is 9.82. The summed E-state index contributed by atoms with van der Waals surface area (Å²) in [7, 11) is 5.07. The van der Waals surface area contributed by atoms with E-state index < -0.39 is 0 Å². The summed E-state index contributed by atoms with van der Waals surface area (Å²) in [6.07, 6.45) is 6.30. The van der Waals surface area contributed by atoms with Crippen LogP contribution in [-0.2, 0) is 27.6 Å². The molecule has 9 heteroatoms. The fourth-order valence-corrected chi connectivity index (χ4v) is 3.36. The number of aromatic nitrogens is 6. The molecule has 2 aromatic rings. The summed E-state index contributed by atoms with van der Waals surface area (Å²) < 4.78 is 2.93. The van der Waals surface area contributed by atoms with Gasteiger partial charge in [-0.05, 0) is 18.8 Å². The van der Waals surface area contributed by atoms with E-state index in [0.29, 0.717) is 12.1 Å². The highest BCUT2D eigenvalue weighted by atomic mass is 16.2. The Bertz CT molecular complexity index is 788. The first-order valence-electron chi connectivity index (χ1n) is 8.22. The largest absolute Gasteiger partial charge is 0.348 e. The van der Waals surface area contributed by atoms with Crippen molar-refractivity contribution in [1.29, 1.82) is 0 Å². The summed E-state index contributed by atoms with van der Waals surface area (Å²) in [6, 6.07) is 0.0605. The lowest BCUT2D eigenvalue weighted by molar-refractivity contribution is 0.0899. The van der Waals surface area contributed by atoms with E-state index in [0.717, 1.165) is 31.5 Å². The van der Waals surface area contributed by atoms with Crippen LogP contribution in [0.4, 0.5) is 0 Å². The number of hydrogen-bond donors (Lipinski definition) is 1. The van der Waals surface area contributed by atoms with Crippen LogP contribution in [-0.4, -0.2) is 41.3 Å². The Morgan fingerprint density at radius 3 is 2.62 bits per heavy atom. The van der Waals surface area contributed by atoms with Crippen molar-refractivity contribution in [2.45, 2.75) is 38.1 Å². The predicted octanol–water partition coefficient (Wildman–Crippen LogP) is -0.221. The van der Waals surface area contributed by atoms with Crippen LogP contribution in [0.5, 0.6) is 0 Å². The number of hydrogen-bond acceptors (Lipinski definition) is 5. The van der Waals surface area contributed by atoms with Crippen LogP contribution in [0.1, 0.15) is 42.0 Å². The molecule has 0 aromatic carbocycles. The molecule has 1 fully saturated rings. The van der Waals surface area contributed by atoms with Crippen molar-refractivity contribution in [3.8, 4) is 0 Å². The van der Waals surface area contributed by atoms with Gasteiger partial charge in [-0.15, -0.1) is 5.10 Å². The van der Waals surface area contributed by atoms with Gasteiger partial charge >= 0.3 is 5.69 Å². The second-order valence-corrected chi connectivity index (χ2v) is 6.43. The van der Waals surface area contributed by atoms with Crippen molar-refractivity contribution in [1.82, 2.24) is 34.7 Å². The second kappa shape index (κ2) is 6.58. The average Bonchev–Trinajstić information content (AvgIpc) is 3.09. The summed E-state index contributed by atoms with van der Waals surface area (Å²) in [4.78, 5) is 25.6. The number of rotatable bonds is 4. The molecule has 0 radical (unpaired) electrons. The highest BCUT2D eigenvalue weighted by Crippen LogP contribution is 2.27. The predicted molar refractivity (Wildman–Crippen MR) is 86.4 cm³/mol. The maximum Gasteiger partial charge on any atom is 0.345 e. The third kappa shape index (κ3) is 3.24. The number of carbonyl (C=O) groups excluding carboxylic acids is 1. The van der Waals surface area contributed by atoms with E-state index in [4.69, 9.17) is 0 Å². The molecule has 2 aromatic heterocycles. The van der Waals surface area contributed by atoms with Crippen molar-refractivity contribution >= 4 is 5.91 Å². The molecule has 3 rings (SSSR count). The lowest BCUT2D eigenvalue weighted by Crippen LogP contribution is -2.43. The molecule has 24 heavy (non-hydrogen) atoms. The Labute approximate surface area is 139 Å². The van der Waals surface area contributed by atoms with Crippen molar-refractivity contribution in [2.75, 3.05) is 0 Å². The topological polar surface area (TPSA) is 99.6 Å². The quantitative estimate of drug-likeness (QED) is 0.834. The van der Waals surface area contributed by atoms with Gasteiger partial charge in [0.05, 0.1) is 6.20 Å². The van der Waals surface area contributed by atoms with Gasteiger partial charge in [0.25, 0.3) is 5.91 Å². The van der Waals surface area contributed by atoms with E-state index in [1.165, 1.54) is 15.7 Å². The number of nitrogens with one attached hydrogen (secondary N) is 1. The molecule has 1 N–H and O–H groups in total. The van der Waals surface area contributed by atoms with Gasteiger partial charge in [-0.3, -0.25) is 9.36 Å². The summed E-state index contributed by atoms with van der Waals surface area (Å²) in [5.41, 5.74) is 0.202. The molecule has 0 aliphatic heterocycles. The van der Waals surface area contributed by atoms with Crippen LogP contribution >= 0.6 is 0 Å². The van der Waals surface area contributed by atoms with Crippen LogP contribution in [0, 0.1) is 5.92 Å². The molecule has 0 saturated heterocycles. The normalized spacial score (nSPS) is 21.0. The molecule has 1 aliphatic carbocycles. The van der Waals surface area contributed by atoms with E-state index in [1.807, 2.05) is 0 Å². The Morgan fingerprint density at radius 1 is 1.25 bits per heavy atom. The minimum atomic E-state index is -0.199. The van der Waals surface area contributed by atoms with Gasteiger partial charge in [-0.2, -0.15) is 15.0 Å². The van der Waals surface area contributed by atoms with E-state index in [1.54, 1.807) is 25.7 Å².